The van der Waals surface area contributed by atoms with E-state index in [0.29, 0.717) is 17.4 Å². The maximum Gasteiger partial charge on any atom is 0.0588 e. The molecule has 0 amide bonds. The molecule has 2 fully saturated rings. The zero-order chi connectivity index (χ0) is 12.3. The Morgan fingerprint density at radius 1 is 1.41 bits per heavy atom. The van der Waals surface area contributed by atoms with Crippen LogP contribution in [-0.4, -0.2) is 37.4 Å². The van der Waals surface area contributed by atoms with Crippen LogP contribution in [0, 0.1) is 11.3 Å². The fourth-order valence-electron chi connectivity index (χ4n) is 2.97. The topological polar surface area (TPSA) is 18.5 Å². The standard InChI is InChI=1S/C14H26O2S/c1-11(14(2)5-7-15-10-14)8-12-9-13(17-3)4-6-16-12/h11-13H,4-10H2,1-3H3. The van der Waals surface area contributed by atoms with Crippen LogP contribution in [0.3, 0.4) is 0 Å². The second-order valence-electron chi connectivity index (χ2n) is 5.97. The first-order valence-electron chi connectivity index (χ1n) is 6.86. The third kappa shape index (κ3) is 3.39. The largest absolute Gasteiger partial charge is 0.381 e. The summed E-state index contributed by atoms with van der Waals surface area (Å²) in [6.07, 6.45) is 7.59. The number of hydrogen-bond acceptors (Lipinski definition) is 3. The SMILES string of the molecule is CSC1CCOC(CC(C)C2(C)CCOC2)C1. The average molecular weight is 258 g/mol. The third-order valence-corrected chi connectivity index (χ3v) is 5.80. The number of ether oxygens (including phenoxy) is 2. The summed E-state index contributed by atoms with van der Waals surface area (Å²) in [6.45, 7) is 7.59. The Labute approximate surface area is 110 Å². The molecule has 2 aliphatic rings. The lowest BCUT2D eigenvalue weighted by molar-refractivity contribution is -0.00980. The molecule has 2 aliphatic heterocycles. The van der Waals surface area contributed by atoms with Gasteiger partial charge in [-0.2, -0.15) is 11.8 Å². The first-order chi connectivity index (χ1) is 8.14. The van der Waals surface area contributed by atoms with E-state index in [2.05, 4.69) is 20.1 Å². The van der Waals surface area contributed by atoms with Gasteiger partial charge in [-0.3, -0.25) is 0 Å². The molecule has 0 spiro atoms. The molecule has 4 unspecified atom stereocenters. The van der Waals surface area contributed by atoms with Gasteiger partial charge in [0.1, 0.15) is 0 Å². The van der Waals surface area contributed by atoms with Crippen molar-refractivity contribution in [3.63, 3.8) is 0 Å². The van der Waals surface area contributed by atoms with Gasteiger partial charge in [0.15, 0.2) is 0 Å². The van der Waals surface area contributed by atoms with E-state index in [1.165, 1.54) is 25.7 Å². The molecule has 2 rings (SSSR count). The van der Waals surface area contributed by atoms with Crippen LogP contribution in [0.5, 0.6) is 0 Å². The fourth-order valence-corrected chi connectivity index (χ4v) is 3.71. The minimum absolute atomic E-state index is 0.385. The Hall–Kier alpha value is 0.270. The normalized spacial score (nSPS) is 40.4. The minimum Gasteiger partial charge on any atom is -0.381 e. The van der Waals surface area contributed by atoms with E-state index in [1.807, 2.05) is 11.8 Å². The lowest BCUT2D eigenvalue weighted by atomic mass is 9.74. The Bertz CT molecular complexity index is 238. The van der Waals surface area contributed by atoms with Gasteiger partial charge in [-0.25, -0.2) is 0 Å². The van der Waals surface area contributed by atoms with Gasteiger partial charge >= 0.3 is 0 Å². The van der Waals surface area contributed by atoms with Crippen LogP contribution in [0.2, 0.25) is 0 Å². The maximum atomic E-state index is 5.93. The minimum atomic E-state index is 0.385. The van der Waals surface area contributed by atoms with Crippen molar-refractivity contribution in [2.45, 2.75) is 50.9 Å². The van der Waals surface area contributed by atoms with Crippen molar-refractivity contribution < 1.29 is 9.47 Å². The van der Waals surface area contributed by atoms with Crippen molar-refractivity contribution in [3.8, 4) is 0 Å². The Balaban J connectivity index is 1.83. The Morgan fingerprint density at radius 3 is 2.88 bits per heavy atom. The van der Waals surface area contributed by atoms with Crippen LogP contribution in [0.1, 0.15) is 39.5 Å². The smallest absolute Gasteiger partial charge is 0.0588 e. The molecule has 0 aromatic heterocycles. The molecule has 2 nitrogen and oxygen atoms in total. The van der Waals surface area contributed by atoms with Gasteiger partial charge in [0.2, 0.25) is 0 Å². The predicted molar refractivity (Wildman–Crippen MR) is 73.6 cm³/mol. The summed E-state index contributed by atoms with van der Waals surface area (Å²) < 4.78 is 11.5. The molecule has 2 saturated heterocycles. The molecule has 3 heteroatoms. The van der Waals surface area contributed by atoms with Crippen molar-refractivity contribution in [1.29, 1.82) is 0 Å². The van der Waals surface area contributed by atoms with E-state index in [9.17, 15) is 0 Å². The van der Waals surface area contributed by atoms with Crippen molar-refractivity contribution >= 4 is 11.8 Å². The van der Waals surface area contributed by atoms with Crippen molar-refractivity contribution in [3.05, 3.63) is 0 Å². The summed E-state index contributed by atoms with van der Waals surface area (Å²) in [5.41, 5.74) is 0.385. The van der Waals surface area contributed by atoms with Gasteiger partial charge in [0.25, 0.3) is 0 Å². The molecule has 0 radical (unpaired) electrons. The van der Waals surface area contributed by atoms with Crippen LogP contribution >= 0.6 is 11.8 Å². The predicted octanol–water partition coefficient (Wildman–Crippen LogP) is 3.35. The molecule has 0 saturated carbocycles. The van der Waals surface area contributed by atoms with E-state index in [1.54, 1.807) is 0 Å². The van der Waals surface area contributed by atoms with Crippen molar-refractivity contribution in [2.75, 3.05) is 26.1 Å². The van der Waals surface area contributed by atoms with Gasteiger partial charge in [-0.15, -0.1) is 0 Å². The Kier molecular flexibility index (Phi) is 4.79. The number of thioether (sulfide) groups is 1. The zero-order valence-electron chi connectivity index (χ0n) is 11.4. The molecule has 0 N–H and O–H groups in total. The number of hydrogen-bond donors (Lipinski definition) is 0. The molecule has 2 heterocycles. The summed E-state index contributed by atoms with van der Waals surface area (Å²) in [7, 11) is 0. The molecule has 0 aromatic carbocycles. The molecule has 0 bridgehead atoms. The van der Waals surface area contributed by atoms with Gasteiger partial charge in [-0.05, 0) is 43.3 Å². The lowest BCUT2D eigenvalue weighted by Crippen LogP contribution is -2.33. The summed E-state index contributed by atoms with van der Waals surface area (Å²) in [4.78, 5) is 0. The summed E-state index contributed by atoms with van der Waals surface area (Å²) in [6, 6.07) is 0. The van der Waals surface area contributed by atoms with Crippen molar-refractivity contribution in [1.82, 2.24) is 0 Å². The second kappa shape index (κ2) is 5.94. The highest BCUT2D eigenvalue weighted by Crippen LogP contribution is 2.40. The summed E-state index contributed by atoms with van der Waals surface area (Å²) >= 11 is 2.00. The van der Waals surface area contributed by atoms with Gasteiger partial charge in [-0.1, -0.05) is 13.8 Å². The van der Waals surface area contributed by atoms with Gasteiger partial charge < -0.3 is 9.47 Å². The average Bonchev–Trinajstić information content (AvgIpc) is 2.78. The first kappa shape index (κ1) is 13.7. The van der Waals surface area contributed by atoms with E-state index < -0.39 is 0 Å². The van der Waals surface area contributed by atoms with Crippen LogP contribution in [0.25, 0.3) is 0 Å². The van der Waals surface area contributed by atoms with E-state index in [-0.39, 0.29) is 0 Å². The highest BCUT2D eigenvalue weighted by atomic mass is 32.2. The maximum absolute atomic E-state index is 5.93. The molecule has 0 aliphatic carbocycles. The highest BCUT2D eigenvalue weighted by Gasteiger charge is 2.37. The molecule has 100 valence electrons. The molecule has 17 heavy (non-hydrogen) atoms. The fraction of sp³-hybridized carbons (Fsp3) is 1.00. The van der Waals surface area contributed by atoms with Crippen molar-refractivity contribution in [2.24, 2.45) is 11.3 Å². The number of rotatable bonds is 4. The molecular formula is C14H26O2S. The van der Waals surface area contributed by atoms with Gasteiger partial charge in [0.05, 0.1) is 12.7 Å². The third-order valence-electron chi connectivity index (χ3n) is 4.71. The lowest BCUT2D eigenvalue weighted by Gasteiger charge is -2.35. The van der Waals surface area contributed by atoms with Crippen LogP contribution in [0.15, 0.2) is 0 Å². The summed E-state index contributed by atoms with van der Waals surface area (Å²) in [5.74, 6) is 0.704. The van der Waals surface area contributed by atoms with E-state index in [4.69, 9.17) is 9.47 Å². The van der Waals surface area contributed by atoms with E-state index in [0.717, 1.165) is 25.1 Å². The molecular weight excluding hydrogens is 232 g/mol. The van der Waals surface area contributed by atoms with Crippen LogP contribution < -0.4 is 0 Å². The quantitative estimate of drug-likeness (QED) is 0.770. The van der Waals surface area contributed by atoms with E-state index >= 15 is 0 Å². The Morgan fingerprint density at radius 2 is 2.24 bits per heavy atom. The van der Waals surface area contributed by atoms with Gasteiger partial charge in [0, 0.05) is 18.5 Å². The monoisotopic (exact) mass is 258 g/mol. The molecule has 0 aromatic rings. The second-order valence-corrected chi connectivity index (χ2v) is 7.11. The zero-order valence-corrected chi connectivity index (χ0v) is 12.2. The first-order valence-corrected chi connectivity index (χ1v) is 8.15. The molecule has 4 atom stereocenters. The van der Waals surface area contributed by atoms with Crippen LogP contribution in [0.4, 0.5) is 0 Å². The summed E-state index contributed by atoms with van der Waals surface area (Å²) in [5, 5.41) is 0.814. The highest BCUT2D eigenvalue weighted by molar-refractivity contribution is 7.99. The van der Waals surface area contributed by atoms with Crippen LogP contribution in [-0.2, 0) is 9.47 Å².